The van der Waals surface area contributed by atoms with Crippen molar-refractivity contribution in [3.63, 3.8) is 0 Å². The van der Waals surface area contributed by atoms with Gasteiger partial charge in [-0.25, -0.2) is 14.2 Å². The van der Waals surface area contributed by atoms with Crippen LogP contribution in [0, 0.1) is 5.82 Å². The topological polar surface area (TPSA) is 80.3 Å². The number of carbonyl (C=O) groups is 2. The minimum Gasteiger partial charge on any atom is -0.444 e. The highest BCUT2D eigenvalue weighted by atomic mass is 79.9. The summed E-state index contributed by atoms with van der Waals surface area (Å²) >= 11 is 13.6. The summed E-state index contributed by atoms with van der Waals surface area (Å²) in [5.74, 6) is -0.863. The van der Waals surface area contributed by atoms with Crippen molar-refractivity contribution >= 4 is 71.9 Å². The van der Waals surface area contributed by atoms with Crippen molar-refractivity contribution in [2.75, 3.05) is 5.32 Å². The van der Waals surface area contributed by atoms with Crippen LogP contribution in [0.25, 0.3) is 0 Å². The summed E-state index contributed by atoms with van der Waals surface area (Å²) in [5, 5.41) is 5.67. The Bertz CT molecular complexity index is 887. The minimum atomic E-state index is -0.668. The fourth-order valence-electron chi connectivity index (χ4n) is 2.01. The number of rotatable bonds is 5. The first-order valence-electron chi connectivity index (χ1n) is 7.97. The molecule has 1 aromatic carbocycles. The van der Waals surface area contributed by atoms with Gasteiger partial charge in [0.05, 0.1) is 5.69 Å². The zero-order chi connectivity index (χ0) is 21.1. The van der Waals surface area contributed by atoms with E-state index >= 15 is 0 Å². The number of nitrogens with zero attached hydrogens (tertiary/aromatic N) is 1. The van der Waals surface area contributed by atoms with Crippen LogP contribution in [0.2, 0.25) is 5.02 Å². The smallest absolute Gasteiger partial charge is 0.413 e. The number of thiazole rings is 1. The lowest BCUT2D eigenvalue weighted by Gasteiger charge is -2.18. The number of aromatic nitrogens is 1. The number of anilines is 1. The van der Waals surface area contributed by atoms with Crippen LogP contribution in [0.5, 0.6) is 0 Å². The van der Waals surface area contributed by atoms with Gasteiger partial charge in [-0.15, -0.1) is 0 Å². The minimum absolute atomic E-state index is 0.110. The van der Waals surface area contributed by atoms with Gasteiger partial charge in [-0.3, -0.25) is 10.1 Å². The van der Waals surface area contributed by atoms with Crippen LogP contribution in [-0.4, -0.2) is 22.6 Å². The van der Waals surface area contributed by atoms with Gasteiger partial charge in [0.2, 0.25) is 0 Å². The van der Waals surface area contributed by atoms with E-state index in [4.69, 9.17) is 16.3 Å². The molecule has 0 fully saturated rings. The fraction of sp³-hybridized carbons (Fsp3) is 0.353. The van der Waals surface area contributed by atoms with Crippen molar-refractivity contribution in [3.05, 3.63) is 45.2 Å². The highest BCUT2D eigenvalue weighted by Gasteiger charge is 2.24. The second kappa shape index (κ2) is 9.51. The zero-order valence-electron chi connectivity index (χ0n) is 15.1. The number of benzene rings is 1. The molecule has 0 atom stereocenters. The maximum Gasteiger partial charge on any atom is 0.413 e. The standard InChI is InChI=1S/C17H17Br2ClFN3O3S/c1-17(2,3)27-16(26)24-15-23-11(13(18)19)12(28-15)14(25)22-7-8-4-5-9(21)6-10(8)20/h4-6,13H,7H2,1-3H3,(H,22,25)(H,23,24,26). The molecule has 0 spiro atoms. The molecule has 2 amide bonds. The molecule has 6 nitrogen and oxygen atoms in total. The predicted molar refractivity (Wildman–Crippen MR) is 115 cm³/mol. The molecule has 11 heteroatoms. The zero-order valence-corrected chi connectivity index (χ0v) is 19.9. The third-order valence-corrected chi connectivity index (χ3v) is 5.33. The molecule has 0 saturated heterocycles. The molecule has 28 heavy (non-hydrogen) atoms. The highest BCUT2D eigenvalue weighted by Crippen LogP contribution is 2.36. The molecule has 2 N–H and O–H groups in total. The van der Waals surface area contributed by atoms with Gasteiger partial charge >= 0.3 is 6.09 Å². The van der Waals surface area contributed by atoms with Gasteiger partial charge in [0.15, 0.2) is 5.13 Å². The van der Waals surface area contributed by atoms with E-state index in [-0.39, 0.29) is 16.7 Å². The summed E-state index contributed by atoms with van der Waals surface area (Å²) < 4.78 is 17.9. The SMILES string of the molecule is CC(C)(C)OC(=O)Nc1nc(C(Br)Br)c(C(=O)NCc2ccc(F)cc2Cl)s1. The number of amides is 2. The van der Waals surface area contributed by atoms with Gasteiger partial charge in [-0.05, 0) is 38.5 Å². The van der Waals surface area contributed by atoms with Crippen LogP contribution < -0.4 is 10.6 Å². The van der Waals surface area contributed by atoms with Gasteiger partial charge in [0.25, 0.3) is 5.91 Å². The maximum absolute atomic E-state index is 13.1. The lowest BCUT2D eigenvalue weighted by Crippen LogP contribution is -2.27. The third kappa shape index (κ3) is 6.68. The quantitative estimate of drug-likeness (QED) is 0.442. The van der Waals surface area contributed by atoms with Crippen molar-refractivity contribution in [1.29, 1.82) is 0 Å². The number of ether oxygens (including phenoxy) is 1. The van der Waals surface area contributed by atoms with Crippen molar-refractivity contribution in [1.82, 2.24) is 10.3 Å². The molecule has 0 saturated carbocycles. The molecule has 0 unspecified atom stereocenters. The van der Waals surface area contributed by atoms with Crippen molar-refractivity contribution in [2.45, 2.75) is 36.7 Å². The van der Waals surface area contributed by atoms with Crippen molar-refractivity contribution in [3.8, 4) is 0 Å². The molecule has 1 aromatic heterocycles. The molecule has 0 aliphatic heterocycles. The van der Waals surface area contributed by atoms with Crippen LogP contribution in [0.3, 0.4) is 0 Å². The Morgan fingerprint density at radius 2 is 2.04 bits per heavy atom. The Morgan fingerprint density at radius 1 is 1.36 bits per heavy atom. The molecule has 1 heterocycles. The fourth-order valence-corrected chi connectivity index (χ4v) is 4.11. The predicted octanol–water partition coefficient (Wildman–Crippen LogP) is 6.00. The lowest BCUT2D eigenvalue weighted by molar-refractivity contribution is 0.0635. The van der Waals surface area contributed by atoms with E-state index in [2.05, 4.69) is 47.5 Å². The third-order valence-electron chi connectivity index (χ3n) is 3.13. The molecule has 2 aromatic rings. The molecular weight excluding hydrogens is 541 g/mol. The van der Waals surface area contributed by atoms with Crippen LogP contribution in [0.15, 0.2) is 18.2 Å². The van der Waals surface area contributed by atoms with Gasteiger partial charge < -0.3 is 10.1 Å². The van der Waals surface area contributed by atoms with E-state index < -0.39 is 27.2 Å². The number of nitrogens with one attached hydrogen (secondary N) is 2. The molecular formula is C17H17Br2ClFN3O3S. The lowest BCUT2D eigenvalue weighted by atomic mass is 10.2. The Balaban J connectivity index is 2.13. The first kappa shape index (κ1) is 23.1. The summed E-state index contributed by atoms with van der Waals surface area (Å²) in [4.78, 5) is 29.1. The summed E-state index contributed by atoms with van der Waals surface area (Å²) in [7, 11) is 0. The van der Waals surface area contributed by atoms with E-state index in [1.165, 1.54) is 18.2 Å². The second-order valence-electron chi connectivity index (χ2n) is 6.58. The van der Waals surface area contributed by atoms with E-state index in [1.807, 2.05) is 0 Å². The average Bonchev–Trinajstić information content (AvgIpc) is 2.96. The number of halogens is 4. The van der Waals surface area contributed by atoms with Crippen LogP contribution in [0.1, 0.15) is 45.4 Å². The largest absolute Gasteiger partial charge is 0.444 e. The van der Waals surface area contributed by atoms with E-state index in [1.54, 1.807) is 20.8 Å². The van der Waals surface area contributed by atoms with Gasteiger partial charge in [-0.2, -0.15) is 0 Å². The Hall–Kier alpha value is -1.23. The van der Waals surface area contributed by atoms with E-state index in [0.717, 1.165) is 11.3 Å². The van der Waals surface area contributed by atoms with Gasteiger partial charge in [0, 0.05) is 11.6 Å². The molecule has 0 radical (unpaired) electrons. The number of hydrogen-bond acceptors (Lipinski definition) is 5. The second-order valence-corrected chi connectivity index (χ2v) is 11.0. The van der Waals surface area contributed by atoms with Crippen LogP contribution in [0.4, 0.5) is 14.3 Å². The number of hydrogen-bond donors (Lipinski definition) is 2. The Labute approximate surface area is 187 Å². The van der Waals surface area contributed by atoms with Crippen molar-refractivity contribution in [2.24, 2.45) is 0 Å². The highest BCUT2D eigenvalue weighted by molar-refractivity contribution is 9.24. The Morgan fingerprint density at radius 3 is 2.61 bits per heavy atom. The summed E-state index contributed by atoms with van der Waals surface area (Å²) in [6.45, 7) is 5.34. The van der Waals surface area contributed by atoms with Crippen LogP contribution in [-0.2, 0) is 11.3 Å². The van der Waals surface area contributed by atoms with E-state index in [0.29, 0.717) is 16.1 Å². The monoisotopic (exact) mass is 555 g/mol. The summed E-state index contributed by atoms with van der Waals surface area (Å²) in [6.07, 6.45) is -0.668. The first-order valence-corrected chi connectivity index (χ1v) is 11.0. The van der Waals surface area contributed by atoms with Gasteiger partial charge in [-0.1, -0.05) is 60.9 Å². The molecule has 0 aliphatic rings. The molecule has 152 valence electrons. The average molecular weight is 558 g/mol. The molecule has 2 rings (SSSR count). The number of alkyl halides is 2. The summed E-state index contributed by atoms with van der Waals surface area (Å²) in [6, 6.07) is 3.94. The molecule has 0 aliphatic carbocycles. The van der Waals surface area contributed by atoms with Crippen LogP contribution >= 0.6 is 54.8 Å². The van der Waals surface area contributed by atoms with Gasteiger partial charge in [0.1, 0.15) is 20.0 Å². The van der Waals surface area contributed by atoms with Crippen molar-refractivity contribution < 1.29 is 18.7 Å². The normalized spacial score (nSPS) is 11.4. The number of carbonyl (C=O) groups excluding carboxylic acids is 2. The Kier molecular flexibility index (Phi) is 7.83. The summed E-state index contributed by atoms with van der Waals surface area (Å²) in [5.41, 5.74) is 0.314. The molecule has 0 bridgehead atoms. The maximum atomic E-state index is 13.1. The first-order chi connectivity index (χ1) is 13.0. The van der Waals surface area contributed by atoms with E-state index in [9.17, 15) is 14.0 Å².